The molecule has 6 nitrogen and oxygen atoms in total. The van der Waals surface area contributed by atoms with Crippen LogP contribution in [0.25, 0.3) is 16.9 Å². The van der Waals surface area contributed by atoms with E-state index in [0.717, 1.165) is 11.0 Å². The van der Waals surface area contributed by atoms with Gasteiger partial charge < -0.3 is 5.32 Å². The van der Waals surface area contributed by atoms with Crippen molar-refractivity contribution in [1.29, 1.82) is 0 Å². The number of nitrogens with zero attached hydrogens (tertiary/aromatic N) is 4. The van der Waals surface area contributed by atoms with Crippen molar-refractivity contribution in [1.82, 2.24) is 19.5 Å². The number of benzene rings is 1. The first kappa shape index (κ1) is 13.3. The summed E-state index contributed by atoms with van der Waals surface area (Å²) in [5.41, 5.74) is 2.20. The molecule has 2 aromatic heterocycles. The fraction of sp³-hybridized carbons (Fsp3) is 0. The number of carbonyl (C=O) groups excluding carboxylic acids is 1. The first-order valence-electron chi connectivity index (χ1n) is 6.06. The van der Waals surface area contributed by atoms with Gasteiger partial charge in [0.1, 0.15) is 11.5 Å². The average Bonchev–Trinajstić information content (AvgIpc) is 2.90. The molecule has 0 aliphatic carbocycles. The molecule has 0 aliphatic heterocycles. The molecule has 3 rings (SSSR count). The first-order valence-corrected chi connectivity index (χ1v) is 6.43. The molecule has 0 radical (unpaired) electrons. The highest BCUT2D eigenvalue weighted by Crippen LogP contribution is 2.21. The van der Waals surface area contributed by atoms with Crippen LogP contribution >= 0.6 is 11.6 Å². The molecule has 21 heavy (non-hydrogen) atoms. The topological polar surface area (TPSA) is 72.7 Å². The molecule has 0 saturated heterocycles. The SMILES string of the molecule is C=CC(=O)Nc1ccc2ncn(-c3cncc(Cl)n3)c2c1. The van der Waals surface area contributed by atoms with Crippen molar-refractivity contribution in [3.05, 3.63) is 54.7 Å². The molecule has 2 heterocycles. The minimum atomic E-state index is -0.275. The number of imidazole rings is 1. The Bertz CT molecular complexity index is 842. The lowest BCUT2D eigenvalue weighted by atomic mass is 10.2. The second-order valence-electron chi connectivity index (χ2n) is 4.21. The molecule has 7 heteroatoms. The minimum absolute atomic E-state index is 0.275. The molecule has 104 valence electrons. The third kappa shape index (κ3) is 2.61. The van der Waals surface area contributed by atoms with E-state index in [4.69, 9.17) is 11.6 Å². The predicted octanol–water partition coefficient (Wildman–Crippen LogP) is 2.59. The Balaban J connectivity index is 2.09. The zero-order valence-corrected chi connectivity index (χ0v) is 11.6. The van der Waals surface area contributed by atoms with E-state index in [2.05, 4.69) is 26.8 Å². The van der Waals surface area contributed by atoms with Gasteiger partial charge in [-0.25, -0.2) is 9.97 Å². The summed E-state index contributed by atoms with van der Waals surface area (Å²) in [5.74, 6) is 0.278. The van der Waals surface area contributed by atoms with Crippen molar-refractivity contribution in [2.75, 3.05) is 5.32 Å². The maximum Gasteiger partial charge on any atom is 0.247 e. The van der Waals surface area contributed by atoms with E-state index in [1.807, 2.05) is 6.07 Å². The molecule has 1 N–H and O–H groups in total. The van der Waals surface area contributed by atoms with Crippen LogP contribution < -0.4 is 5.32 Å². The third-order valence-corrected chi connectivity index (χ3v) is 3.02. The molecule has 1 aromatic carbocycles. The predicted molar refractivity (Wildman–Crippen MR) is 80.5 cm³/mol. The zero-order chi connectivity index (χ0) is 14.8. The number of aromatic nitrogens is 4. The van der Waals surface area contributed by atoms with Gasteiger partial charge in [0.25, 0.3) is 0 Å². The van der Waals surface area contributed by atoms with Crippen molar-refractivity contribution in [2.24, 2.45) is 0 Å². The van der Waals surface area contributed by atoms with Gasteiger partial charge in [0.15, 0.2) is 5.82 Å². The highest BCUT2D eigenvalue weighted by molar-refractivity contribution is 6.29. The quantitative estimate of drug-likeness (QED) is 0.755. The lowest BCUT2D eigenvalue weighted by Gasteiger charge is -2.05. The molecule has 0 fully saturated rings. The first-order chi connectivity index (χ1) is 10.2. The Kier molecular flexibility index (Phi) is 3.37. The van der Waals surface area contributed by atoms with Crippen molar-refractivity contribution in [2.45, 2.75) is 0 Å². The van der Waals surface area contributed by atoms with Gasteiger partial charge >= 0.3 is 0 Å². The fourth-order valence-electron chi connectivity index (χ4n) is 1.91. The fourth-order valence-corrected chi connectivity index (χ4v) is 2.05. The lowest BCUT2D eigenvalue weighted by molar-refractivity contribution is -0.111. The Morgan fingerprint density at radius 2 is 2.24 bits per heavy atom. The van der Waals surface area contributed by atoms with Gasteiger partial charge in [0, 0.05) is 5.69 Å². The van der Waals surface area contributed by atoms with Crippen molar-refractivity contribution >= 4 is 34.2 Å². The van der Waals surface area contributed by atoms with Gasteiger partial charge in [-0.2, -0.15) is 0 Å². The summed E-state index contributed by atoms with van der Waals surface area (Å²) in [6, 6.07) is 5.37. The lowest BCUT2D eigenvalue weighted by Crippen LogP contribution is -2.07. The van der Waals surface area contributed by atoms with Crippen LogP contribution in [0.5, 0.6) is 0 Å². The summed E-state index contributed by atoms with van der Waals surface area (Å²) in [4.78, 5) is 23.8. The molecular formula is C14H10ClN5O. The molecular weight excluding hydrogens is 290 g/mol. The number of rotatable bonds is 3. The number of carbonyl (C=O) groups is 1. The molecule has 0 atom stereocenters. The van der Waals surface area contributed by atoms with Gasteiger partial charge in [-0.15, -0.1) is 0 Å². The van der Waals surface area contributed by atoms with E-state index in [0.29, 0.717) is 16.7 Å². The molecule has 3 aromatic rings. The van der Waals surface area contributed by atoms with Crippen LogP contribution in [0.15, 0.2) is 49.6 Å². The highest BCUT2D eigenvalue weighted by atomic mass is 35.5. The summed E-state index contributed by atoms with van der Waals surface area (Å²) in [7, 11) is 0. The van der Waals surface area contributed by atoms with Crippen LogP contribution in [0.4, 0.5) is 5.69 Å². The maximum absolute atomic E-state index is 11.4. The highest BCUT2D eigenvalue weighted by Gasteiger charge is 2.08. The van der Waals surface area contributed by atoms with Crippen LogP contribution in [-0.2, 0) is 4.79 Å². The number of fused-ring (bicyclic) bond motifs is 1. The summed E-state index contributed by atoms with van der Waals surface area (Å²) < 4.78 is 1.75. The largest absolute Gasteiger partial charge is 0.322 e. The van der Waals surface area contributed by atoms with Gasteiger partial charge in [-0.05, 0) is 24.3 Å². The van der Waals surface area contributed by atoms with E-state index in [1.165, 1.54) is 12.3 Å². The van der Waals surface area contributed by atoms with E-state index in [-0.39, 0.29) is 5.91 Å². The summed E-state index contributed by atoms with van der Waals surface area (Å²) >= 11 is 5.86. The number of amides is 1. The van der Waals surface area contributed by atoms with Gasteiger partial charge in [-0.3, -0.25) is 14.3 Å². The molecule has 0 saturated carbocycles. The standard InChI is InChI=1S/C14H10ClN5O/c1-2-14(21)18-9-3-4-10-11(5-9)20(8-17-10)13-7-16-6-12(15)19-13/h2-8H,1H2,(H,18,21). The second kappa shape index (κ2) is 5.34. The van der Waals surface area contributed by atoms with Crippen LogP contribution in [0.3, 0.4) is 0 Å². The Morgan fingerprint density at radius 3 is 3.00 bits per heavy atom. The average molecular weight is 300 g/mol. The number of nitrogens with one attached hydrogen (secondary N) is 1. The minimum Gasteiger partial charge on any atom is -0.322 e. The van der Waals surface area contributed by atoms with Crippen LogP contribution in [0.2, 0.25) is 5.15 Å². The Labute approximate surface area is 125 Å². The second-order valence-corrected chi connectivity index (χ2v) is 4.60. The number of hydrogen-bond donors (Lipinski definition) is 1. The smallest absolute Gasteiger partial charge is 0.247 e. The maximum atomic E-state index is 11.4. The van der Waals surface area contributed by atoms with Crippen LogP contribution in [0.1, 0.15) is 0 Å². The summed E-state index contributed by atoms with van der Waals surface area (Å²) in [5, 5.41) is 3.00. The van der Waals surface area contributed by atoms with E-state index >= 15 is 0 Å². The molecule has 0 spiro atoms. The summed E-state index contributed by atoms with van der Waals surface area (Å²) in [6.45, 7) is 3.42. The Morgan fingerprint density at radius 1 is 1.38 bits per heavy atom. The van der Waals surface area contributed by atoms with Gasteiger partial charge in [0.05, 0.1) is 23.4 Å². The monoisotopic (exact) mass is 299 g/mol. The van der Waals surface area contributed by atoms with Crippen LogP contribution in [-0.4, -0.2) is 25.4 Å². The summed E-state index contributed by atoms with van der Waals surface area (Å²) in [6.07, 6.45) is 5.88. The third-order valence-electron chi connectivity index (χ3n) is 2.84. The van der Waals surface area contributed by atoms with Crippen LogP contribution in [0, 0.1) is 0 Å². The molecule has 0 unspecified atom stereocenters. The molecule has 0 bridgehead atoms. The van der Waals surface area contributed by atoms with Gasteiger partial charge in [-0.1, -0.05) is 18.2 Å². The van der Waals surface area contributed by atoms with E-state index in [9.17, 15) is 4.79 Å². The van der Waals surface area contributed by atoms with Crippen molar-refractivity contribution in [3.63, 3.8) is 0 Å². The Hall–Kier alpha value is -2.73. The number of halogens is 1. The van der Waals surface area contributed by atoms with Crippen molar-refractivity contribution < 1.29 is 4.79 Å². The molecule has 1 amide bonds. The number of hydrogen-bond acceptors (Lipinski definition) is 4. The zero-order valence-electron chi connectivity index (χ0n) is 10.8. The van der Waals surface area contributed by atoms with Gasteiger partial charge in [0.2, 0.25) is 5.91 Å². The normalized spacial score (nSPS) is 10.5. The van der Waals surface area contributed by atoms with Crippen molar-refractivity contribution in [3.8, 4) is 5.82 Å². The number of anilines is 1. The van der Waals surface area contributed by atoms with E-state index < -0.39 is 0 Å². The van der Waals surface area contributed by atoms with E-state index in [1.54, 1.807) is 29.2 Å². The molecule has 0 aliphatic rings.